The van der Waals surface area contributed by atoms with Gasteiger partial charge in [0.1, 0.15) is 0 Å². The zero-order valence-corrected chi connectivity index (χ0v) is 19.9. The summed E-state index contributed by atoms with van der Waals surface area (Å²) in [4.78, 5) is 26.7. The van der Waals surface area contributed by atoms with E-state index in [1.807, 2.05) is 36.9 Å². The molecule has 8 heteroatoms. The molecule has 0 aliphatic carbocycles. The highest BCUT2D eigenvalue weighted by molar-refractivity contribution is 5.96. The van der Waals surface area contributed by atoms with E-state index in [4.69, 9.17) is 5.73 Å². The summed E-state index contributed by atoms with van der Waals surface area (Å²) in [5.41, 5.74) is 9.52. The van der Waals surface area contributed by atoms with E-state index in [2.05, 4.69) is 32.3 Å². The molecule has 1 aromatic heterocycles. The Morgan fingerprint density at radius 1 is 1.12 bits per heavy atom. The number of hydrogen-bond acceptors (Lipinski definition) is 7. The maximum absolute atomic E-state index is 13.3. The second-order valence-corrected chi connectivity index (χ2v) is 9.62. The van der Waals surface area contributed by atoms with Crippen molar-refractivity contribution in [1.82, 2.24) is 19.8 Å². The van der Waals surface area contributed by atoms with Gasteiger partial charge in [0.05, 0.1) is 23.1 Å². The van der Waals surface area contributed by atoms with Crippen LogP contribution in [-0.2, 0) is 0 Å². The predicted octanol–water partition coefficient (Wildman–Crippen LogP) is 1.98. The van der Waals surface area contributed by atoms with Crippen molar-refractivity contribution in [3.05, 3.63) is 52.8 Å². The molecule has 178 valence electrons. The molecule has 0 spiro atoms. The van der Waals surface area contributed by atoms with Crippen LogP contribution >= 0.6 is 0 Å². The fourth-order valence-corrected chi connectivity index (χ4v) is 5.13. The van der Waals surface area contributed by atoms with Crippen LogP contribution in [0.4, 0.5) is 5.95 Å². The van der Waals surface area contributed by atoms with Crippen molar-refractivity contribution in [3.8, 4) is 0 Å². The van der Waals surface area contributed by atoms with Crippen molar-refractivity contribution in [2.24, 2.45) is 17.6 Å². The molecule has 0 saturated carbocycles. The third-order valence-electron chi connectivity index (χ3n) is 6.87. The zero-order valence-electron chi connectivity index (χ0n) is 19.9. The predicted molar refractivity (Wildman–Crippen MR) is 129 cm³/mol. The van der Waals surface area contributed by atoms with Crippen LogP contribution < -0.4 is 11.1 Å². The van der Waals surface area contributed by atoms with Crippen molar-refractivity contribution >= 4 is 11.9 Å². The highest BCUT2D eigenvalue weighted by atomic mass is 16.3. The average Bonchev–Trinajstić information content (AvgIpc) is 3.35. The molecule has 2 saturated heterocycles. The van der Waals surface area contributed by atoms with E-state index >= 15 is 0 Å². The third kappa shape index (κ3) is 5.51. The van der Waals surface area contributed by atoms with Crippen LogP contribution in [0.5, 0.6) is 0 Å². The number of nitrogens with one attached hydrogen (secondary N) is 1. The van der Waals surface area contributed by atoms with Gasteiger partial charge in [-0.15, -0.1) is 0 Å². The molecule has 3 heterocycles. The molecule has 0 bridgehead atoms. The summed E-state index contributed by atoms with van der Waals surface area (Å²) in [5, 5.41) is 12.5. The summed E-state index contributed by atoms with van der Waals surface area (Å²) in [5.74, 6) is 1.50. The summed E-state index contributed by atoms with van der Waals surface area (Å²) in [6.45, 7) is 10.4. The van der Waals surface area contributed by atoms with E-state index in [1.165, 1.54) is 5.56 Å². The number of aliphatic hydroxyl groups is 1. The van der Waals surface area contributed by atoms with Gasteiger partial charge in [0.25, 0.3) is 5.91 Å². The lowest BCUT2D eigenvalue weighted by molar-refractivity contribution is 0.0771. The lowest BCUT2D eigenvalue weighted by atomic mass is 10.0. The van der Waals surface area contributed by atoms with E-state index in [1.54, 1.807) is 6.92 Å². The van der Waals surface area contributed by atoms with Gasteiger partial charge in [0.15, 0.2) is 0 Å². The van der Waals surface area contributed by atoms with Crippen LogP contribution in [0.25, 0.3) is 0 Å². The summed E-state index contributed by atoms with van der Waals surface area (Å²) >= 11 is 0. The average molecular weight is 453 g/mol. The molecule has 2 fully saturated rings. The summed E-state index contributed by atoms with van der Waals surface area (Å²) in [7, 11) is 0. The van der Waals surface area contributed by atoms with Gasteiger partial charge in [-0.2, -0.15) is 0 Å². The number of fused-ring (bicyclic) bond motifs is 1. The van der Waals surface area contributed by atoms with E-state index in [-0.39, 0.29) is 11.9 Å². The van der Waals surface area contributed by atoms with Gasteiger partial charge in [-0.25, -0.2) is 9.97 Å². The van der Waals surface area contributed by atoms with E-state index in [9.17, 15) is 9.90 Å². The number of carbonyl (C=O) groups is 1. The maximum Gasteiger partial charge on any atom is 0.257 e. The topological polar surface area (TPSA) is 108 Å². The molecule has 2 aromatic rings. The Labute approximate surface area is 196 Å². The van der Waals surface area contributed by atoms with Gasteiger partial charge in [-0.05, 0) is 51.1 Å². The first-order valence-electron chi connectivity index (χ1n) is 11.9. The quantitative estimate of drug-likeness (QED) is 0.562. The molecular weight excluding hydrogens is 416 g/mol. The number of amides is 1. The van der Waals surface area contributed by atoms with Crippen LogP contribution in [0.3, 0.4) is 0 Å². The van der Waals surface area contributed by atoms with Crippen molar-refractivity contribution in [1.29, 1.82) is 0 Å². The minimum absolute atomic E-state index is 0.0270. The van der Waals surface area contributed by atoms with Crippen molar-refractivity contribution in [2.45, 2.75) is 39.3 Å². The minimum Gasteiger partial charge on any atom is -0.392 e. The fourth-order valence-electron chi connectivity index (χ4n) is 5.13. The second kappa shape index (κ2) is 10.2. The first kappa shape index (κ1) is 23.6. The maximum atomic E-state index is 13.3. The van der Waals surface area contributed by atoms with Gasteiger partial charge in [0, 0.05) is 38.8 Å². The molecule has 4 N–H and O–H groups in total. The van der Waals surface area contributed by atoms with E-state index < -0.39 is 6.10 Å². The van der Waals surface area contributed by atoms with E-state index in [0.29, 0.717) is 41.3 Å². The van der Waals surface area contributed by atoms with Crippen LogP contribution in [0.2, 0.25) is 0 Å². The number of nitrogens with two attached hydrogens (primary N) is 1. The normalized spacial score (nSPS) is 22.3. The first-order chi connectivity index (χ1) is 15.8. The molecule has 0 radical (unpaired) electrons. The summed E-state index contributed by atoms with van der Waals surface area (Å²) < 4.78 is 0. The SMILES string of the molecule is Cc1nc(NCC(C)O)nc(C)c1C(=O)N1CC2CN(CC[C@H](N)c3ccccc3)CC2C1. The number of rotatable bonds is 8. The fraction of sp³-hybridized carbons (Fsp3) is 0.560. The van der Waals surface area contributed by atoms with E-state index in [0.717, 1.165) is 39.1 Å². The summed E-state index contributed by atoms with van der Waals surface area (Å²) in [6.07, 6.45) is 0.449. The van der Waals surface area contributed by atoms with Crippen molar-refractivity contribution in [3.63, 3.8) is 0 Å². The number of anilines is 1. The van der Waals surface area contributed by atoms with Gasteiger partial charge in [-0.3, -0.25) is 4.79 Å². The molecule has 33 heavy (non-hydrogen) atoms. The molecular formula is C25H36N6O2. The van der Waals surface area contributed by atoms with Crippen molar-refractivity contribution < 1.29 is 9.90 Å². The number of aryl methyl sites for hydroxylation is 2. The van der Waals surface area contributed by atoms with Crippen LogP contribution in [0.1, 0.15) is 46.7 Å². The molecule has 4 rings (SSSR count). The summed E-state index contributed by atoms with van der Waals surface area (Å²) in [6, 6.07) is 10.3. The first-order valence-corrected chi connectivity index (χ1v) is 11.9. The molecule has 8 nitrogen and oxygen atoms in total. The molecule has 3 unspecified atom stereocenters. The number of likely N-dealkylation sites (tertiary alicyclic amines) is 2. The number of benzene rings is 1. The van der Waals surface area contributed by atoms with Crippen LogP contribution in [-0.4, -0.2) is 76.2 Å². The molecule has 1 aromatic carbocycles. The highest BCUT2D eigenvalue weighted by Crippen LogP contribution is 2.33. The highest BCUT2D eigenvalue weighted by Gasteiger charge is 2.42. The number of hydrogen-bond donors (Lipinski definition) is 3. The van der Waals surface area contributed by atoms with Crippen molar-refractivity contribution in [2.75, 3.05) is 44.6 Å². The Balaban J connectivity index is 1.31. The second-order valence-electron chi connectivity index (χ2n) is 9.62. The largest absolute Gasteiger partial charge is 0.392 e. The Morgan fingerprint density at radius 3 is 2.30 bits per heavy atom. The minimum atomic E-state index is -0.492. The Bertz CT molecular complexity index is 930. The number of nitrogens with zero attached hydrogens (tertiary/aromatic N) is 4. The molecule has 1 amide bonds. The number of aliphatic hydroxyl groups excluding tert-OH is 1. The van der Waals surface area contributed by atoms with Crippen LogP contribution in [0.15, 0.2) is 30.3 Å². The molecule has 2 aliphatic rings. The zero-order chi connectivity index (χ0) is 23.5. The smallest absolute Gasteiger partial charge is 0.257 e. The monoisotopic (exact) mass is 452 g/mol. The van der Waals surface area contributed by atoms with Gasteiger partial charge >= 0.3 is 0 Å². The molecule has 4 atom stereocenters. The number of aromatic nitrogens is 2. The standard InChI is InChI=1S/C25H36N6O2/c1-16(32)11-27-25-28-17(2)23(18(3)29-25)24(33)31-14-20-12-30(13-21(20)15-31)10-9-22(26)19-7-5-4-6-8-19/h4-8,16,20-22,32H,9-15,26H2,1-3H3,(H,27,28,29)/t16?,20?,21?,22-/m0/s1. The molecule has 2 aliphatic heterocycles. The number of carbonyl (C=O) groups excluding carboxylic acids is 1. The van der Waals surface area contributed by atoms with Gasteiger partial charge < -0.3 is 26.0 Å². The lowest BCUT2D eigenvalue weighted by Gasteiger charge is -2.23. The lowest BCUT2D eigenvalue weighted by Crippen LogP contribution is -2.35. The Hall–Kier alpha value is -2.55. The Kier molecular flexibility index (Phi) is 7.26. The third-order valence-corrected chi connectivity index (χ3v) is 6.87. The Morgan fingerprint density at radius 2 is 1.73 bits per heavy atom. The van der Waals surface area contributed by atoms with Gasteiger partial charge in [0.2, 0.25) is 5.95 Å². The van der Waals surface area contributed by atoms with Crippen LogP contribution in [0, 0.1) is 25.7 Å². The van der Waals surface area contributed by atoms with Gasteiger partial charge in [-0.1, -0.05) is 30.3 Å².